The maximum Gasteiger partial charge on any atom is 0.319 e. The fourth-order valence-corrected chi connectivity index (χ4v) is 3.89. The molecule has 4 unspecified atom stereocenters. The molecule has 0 N–H and O–H groups in total. The van der Waals surface area contributed by atoms with Crippen LogP contribution in [0.25, 0.3) is 0 Å². The first kappa shape index (κ1) is 15.0. The molecule has 1 radical (unpaired) electrons. The first-order chi connectivity index (χ1) is 9.62. The molecule has 0 spiro atoms. The number of fused-ring (bicyclic) bond motifs is 1. The predicted octanol–water partition coefficient (Wildman–Crippen LogP) is 1.90. The van der Waals surface area contributed by atoms with Crippen molar-refractivity contribution in [3.05, 3.63) is 12.2 Å². The minimum Gasteiger partial charge on any atom is -0.393 e. The zero-order valence-electron chi connectivity index (χ0n) is 13.1. The van der Waals surface area contributed by atoms with Crippen LogP contribution in [-0.4, -0.2) is 38.7 Å². The first-order valence-electron chi connectivity index (χ1n) is 7.38. The van der Waals surface area contributed by atoms with Gasteiger partial charge in [-0.25, -0.2) is 4.97 Å². The van der Waals surface area contributed by atoms with Crippen LogP contribution in [0, 0.1) is 11.8 Å². The highest BCUT2D eigenvalue weighted by Crippen LogP contribution is 2.48. The van der Waals surface area contributed by atoms with E-state index in [4.69, 9.17) is 9.26 Å². The fraction of sp³-hybridized carbons (Fsp3) is 0.714. The van der Waals surface area contributed by atoms with Crippen molar-refractivity contribution < 1.29 is 18.9 Å². The van der Waals surface area contributed by atoms with Crippen LogP contribution in [0.15, 0.2) is 12.2 Å². The van der Waals surface area contributed by atoms with E-state index in [9.17, 15) is 9.59 Å². The van der Waals surface area contributed by atoms with Gasteiger partial charge in [-0.3, -0.25) is 9.59 Å². The molecule has 0 saturated carbocycles. The largest absolute Gasteiger partial charge is 0.393 e. The summed E-state index contributed by atoms with van der Waals surface area (Å²) in [5.41, 5.74) is 0. The third-order valence-electron chi connectivity index (χ3n) is 5.20. The molecule has 1 aliphatic carbocycles. The molecule has 5 nitrogen and oxygen atoms in total. The number of carbonyl (C=O) groups is 2. The van der Waals surface area contributed by atoms with E-state index in [0.29, 0.717) is 0 Å². The Morgan fingerprint density at radius 2 is 1.81 bits per heavy atom. The number of allylic oxidation sites excluding steroid dienone is 1. The number of carbonyl (C=O) groups excluding carboxylic acids is 2. The summed E-state index contributed by atoms with van der Waals surface area (Å²) in [5, 5.41) is 0.0760. The molecule has 0 aromatic carbocycles. The van der Waals surface area contributed by atoms with Crippen LogP contribution in [0.3, 0.4) is 0 Å². The van der Waals surface area contributed by atoms with Crippen LogP contribution in [0.2, 0.25) is 23.9 Å². The lowest BCUT2D eigenvalue weighted by atomic mass is 9.55. The highest BCUT2D eigenvalue weighted by atomic mass is 28.4. The highest BCUT2D eigenvalue weighted by Gasteiger charge is 2.59. The van der Waals surface area contributed by atoms with Crippen LogP contribution < -0.4 is 0 Å². The molecule has 2 fully saturated rings. The van der Waals surface area contributed by atoms with Gasteiger partial charge in [-0.1, -0.05) is 32.9 Å². The maximum absolute atomic E-state index is 12.0. The summed E-state index contributed by atoms with van der Waals surface area (Å²) in [6, 6.07) is -0.229. The van der Waals surface area contributed by atoms with E-state index in [0.717, 1.165) is 0 Å². The van der Waals surface area contributed by atoms with Crippen molar-refractivity contribution in [2.24, 2.45) is 11.8 Å². The number of cyclic esters (lactones) is 2. The number of rotatable bonds is 2. The van der Waals surface area contributed by atoms with E-state index >= 15 is 0 Å². The van der Waals surface area contributed by atoms with E-state index in [2.05, 4.69) is 33.9 Å². The predicted molar refractivity (Wildman–Crippen MR) is 80.6 cm³/mol. The number of hydrogen-bond acceptors (Lipinski definition) is 5. The van der Waals surface area contributed by atoms with E-state index in [1.54, 1.807) is 0 Å². The van der Waals surface area contributed by atoms with Gasteiger partial charge in [0.2, 0.25) is 8.32 Å². The van der Waals surface area contributed by atoms with Crippen LogP contribution in [0.4, 0.5) is 0 Å². The molecule has 2 bridgehead atoms. The molecule has 0 amide bonds. The average Bonchev–Trinajstić information content (AvgIpc) is 2.66. The lowest BCUT2D eigenvalue weighted by Gasteiger charge is -2.49. The lowest BCUT2D eigenvalue weighted by molar-refractivity contribution is -0.154. The van der Waals surface area contributed by atoms with Gasteiger partial charge in [-0.15, -0.1) is 0 Å². The third kappa shape index (κ3) is 2.22. The summed E-state index contributed by atoms with van der Waals surface area (Å²) in [6.45, 7) is 10.9. The molecule has 3 aliphatic heterocycles. The Hall–Kier alpha value is -0.918. The number of hydrogen-bond donors (Lipinski definition) is 0. The Kier molecular flexibility index (Phi) is 3.24. The second kappa shape index (κ2) is 4.54. The summed E-state index contributed by atoms with van der Waals surface area (Å²) >= 11 is 0. The Balaban J connectivity index is 1.84. The summed E-state index contributed by atoms with van der Waals surface area (Å²) in [4.78, 5) is 25.6. The first-order valence-corrected chi connectivity index (χ1v) is 10.3. The minimum atomic E-state index is -1.99. The standard InChI is InChI=1S/C14H21BNO4Si/c1-14(2,3)21(4,5)20-16-9-7-6-8(15-16)10-11(9)13(18)19-12(10)17/h6-11H,1-5H3. The molecule has 4 atom stereocenters. The molecule has 2 saturated heterocycles. The molecule has 4 rings (SSSR count). The SMILES string of the molecule is CC(C)(C)[Si](C)(C)ON1[B]C2C=CC1C1C(=O)OC(=O)C21. The van der Waals surface area contributed by atoms with Crippen molar-refractivity contribution >= 4 is 27.7 Å². The Morgan fingerprint density at radius 1 is 1.19 bits per heavy atom. The van der Waals surface area contributed by atoms with Gasteiger partial charge in [-0.2, -0.15) is 0 Å². The number of nitrogens with zero attached hydrogens (tertiary/aromatic N) is 1. The third-order valence-corrected chi connectivity index (χ3v) is 9.48. The van der Waals surface area contributed by atoms with Crippen molar-refractivity contribution in [1.82, 2.24) is 4.97 Å². The van der Waals surface area contributed by atoms with Crippen LogP contribution in [0.1, 0.15) is 20.8 Å². The number of ether oxygens (including phenoxy) is 1. The molecule has 3 heterocycles. The summed E-state index contributed by atoms with van der Waals surface area (Å²) in [6.07, 6.45) is 3.95. The van der Waals surface area contributed by atoms with Crippen LogP contribution in [0.5, 0.6) is 0 Å². The second-order valence-electron chi connectivity index (χ2n) is 7.61. The molecular weight excluding hydrogens is 285 g/mol. The molecule has 4 aliphatic rings. The quantitative estimate of drug-likeness (QED) is 0.337. The number of hydroxylamine groups is 1. The molecule has 0 aromatic heterocycles. The Morgan fingerprint density at radius 3 is 2.43 bits per heavy atom. The Bertz CT molecular complexity index is 528. The van der Waals surface area contributed by atoms with Crippen molar-refractivity contribution in [2.75, 3.05) is 0 Å². The second-order valence-corrected chi connectivity index (χ2v) is 12.3. The number of esters is 2. The van der Waals surface area contributed by atoms with Gasteiger partial charge in [0.25, 0.3) is 7.41 Å². The molecule has 7 heteroatoms. The monoisotopic (exact) mass is 306 g/mol. The van der Waals surface area contributed by atoms with E-state index in [1.165, 1.54) is 0 Å². The van der Waals surface area contributed by atoms with Gasteiger partial charge in [0.1, 0.15) is 0 Å². The van der Waals surface area contributed by atoms with Crippen molar-refractivity contribution in [2.45, 2.75) is 50.8 Å². The Labute approximate surface area is 127 Å². The smallest absolute Gasteiger partial charge is 0.319 e. The van der Waals surface area contributed by atoms with Gasteiger partial charge in [0, 0.05) is 0 Å². The average molecular weight is 306 g/mol. The lowest BCUT2D eigenvalue weighted by Crippen LogP contribution is -2.60. The van der Waals surface area contributed by atoms with Gasteiger partial charge >= 0.3 is 11.9 Å². The van der Waals surface area contributed by atoms with Gasteiger partial charge in [-0.05, 0) is 23.9 Å². The van der Waals surface area contributed by atoms with Crippen molar-refractivity contribution in [3.63, 3.8) is 0 Å². The fourth-order valence-electron chi connectivity index (χ4n) is 2.90. The van der Waals surface area contributed by atoms with Gasteiger partial charge in [0.05, 0.1) is 17.9 Å². The van der Waals surface area contributed by atoms with E-state index < -0.39 is 26.2 Å². The van der Waals surface area contributed by atoms with Crippen molar-refractivity contribution in [3.8, 4) is 0 Å². The zero-order valence-corrected chi connectivity index (χ0v) is 14.1. The minimum absolute atomic E-state index is 0.0760. The molecule has 0 aromatic rings. The summed E-state index contributed by atoms with van der Waals surface area (Å²) in [5.74, 6) is -1.72. The normalized spacial score (nSPS) is 35.7. The molecular formula is C14H21BNO4Si. The zero-order chi connectivity index (χ0) is 15.6. The van der Waals surface area contributed by atoms with E-state index in [-0.39, 0.29) is 22.8 Å². The molecule has 113 valence electrons. The maximum atomic E-state index is 12.0. The highest BCUT2D eigenvalue weighted by molar-refractivity contribution is 6.74. The topological polar surface area (TPSA) is 55.8 Å². The summed E-state index contributed by atoms with van der Waals surface area (Å²) < 4.78 is 11.1. The van der Waals surface area contributed by atoms with Gasteiger partial charge < -0.3 is 9.26 Å². The summed E-state index contributed by atoms with van der Waals surface area (Å²) in [7, 11) is -0.0524. The van der Waals surface area contributed by atoms with Crippen LogP contribution in [-0.2, 0) is 18.9 Å². The van der Waals surface area contributed by atoms with E-state index in [1.807, 2.05) is 24.5 Å². The van der Waals surface area contributed by atoms with Gasteiger partial charge in [0.15, 0.2) is 0 Å². The van der Waals surface area contributed by atoms with Crippen LogP contribution >= 0.6 is 0 Å². The molecule has 21 heavy (non-hydrogen) atoms. The van der Waals surface area contributed by atoms with Crippen molar-refractivity contribution in [1.29, 1.82) is 0 Å².